The maximum atomic E-state index is 5.23. The van der Waals surface area contributed by atoms with Gasteiger partial charge in [-0.2, -0.15) is 5.10 Å². The molecule has 32 heavy (non-hydrogen) atoms. The Morgan fingerprint density at radius 3 is 2.81 bits per heavy atom. The minimum atomic E-state index is 0.517. The molecule has 3 aromatic rings. The molecule has 2 aliphatic rings. The van der Waals surface area contributed by atoms with Crippen molar-refractivity contribution in [3.63, 3.8) is 0 Å². The number of ether oxygens (including phenoxy) is 1. The van der Waals surface area contributed by atoms with E-state index in [0.717, 1.165) is 48.3 Å². The number of piperidine rings is 1. The molecule has 2 fully saturated rings. The lowest BCUT2D eigenvalue weighted by molar-refractivity contribution is 0.280. The SMILES string of the molecule is COc1cncc(-c2cn(Cc3ccc(N4CCC[C@@H](NCC5CCC5)C4)nn3)nn2)c1. The van der Waals surface area contributed by atoms with E-state index in [1.54, 1.807) is 24.2 Å². The van der Waals surface area contributed by atoms with Gasteiger partial charge in [-0.15, -0.1) is 10.2 Å². The monoisotopic (exact) mass is 434 g/mol. The molecule has 1 saturated heterocycles. The van der Waals surface area contributed by atoms with Crippen LogP contribution in [0.4, 0.5) is 5.82 Å². The van der Waals surface area contributed by atoms with Gasteiger partial charge >= 0.3 is 0 Å². The second kappa shape index (κ2) is 9.60. The molecular weight excluding hydrogens is 404 g/mol. The molecule has 0 bridgehead atoms. The Balaban J connectivity index is 1.18. The van der Waals surface area contributed by atoms with E-state index in [-0.39, 0.29) is 0 Å². The predicted octanol–water partition coefficient (Wildman–Crippen LogP) is 2.55. The largest absolute Gasteiger partial charge is 0.495 e. The van der Waals surface area contributed by atoms with Crippen LogP contribution < -0.4 is 15.0 Å². The molecule has 0 radical (unpaired) electrons. The van der Waals surface area contributed by atoms with Gasteiger partial charge in [0.25, 0.3) is 0 Å². The van der Waals surface area contributed by atoms with E-state index in [9.17, 15) is 0 Å². The number of nitrogens with one attached hydrogen (secondary N) is 1. The maximum absolute atomic E-state index is 5.23. The third-order valence-electron chi connectivity index (χ3n) is 6.48. The number of pyridine rings is 1. The van der Waals surface area contributed by atoms with Crippen LogP contribution in [0.3, 0.4) is 0 Å². The van der Waals surface area contributed by atoms with Crippen LogP contribution in [0, 0.1) is 5.92 Å². The zero-order valence-electron chi connectivity index (χ0n) is 18.5. The number of rotatable bonds is 8. The summed E-state index contributed by atoms with van der Waals surface area (Å²) in [6.45, 7) is 3.72. The quantitative estimate of drug-likeness (QED) is 0.578. The minimum absolute atomic E-state index is 0.517. The average molecular weight is 435 g/mol. The van der Waals surface area contributed by atoms with Gasteiger partial charge in [0.05, 0.1) is 31.7 Å². The number of aromatic nitrogens is 6. The molecule has 168 valence electrons. The molecule has 1 aliphatic heterocycles. The molecule has 1 N–H and O–H groups in total. The summed E-state index contributed by atoms with van der Waals surface area (Å²) in [5, 5.41) is 21.2. The third-order valence-corrected chi connectivity index (χ3v) is 6.48. The molecule has 0 amide bonds. The predicted molar refractivity (Wildman–Crippen MR) is 122 cm³/mol. The van der Waals surface area contributed by atoms with E-state index in [0.29, 0.717) is 18.3 Å². The van der Waals surface area contributed by atoms with Crippen molar-refractivity contribution in [1.29, 1.82) is 0 Å². The van der Waals surface area contributed by atoms with Crippen LogP contribution in [0.2, 0.25) is 0 Å². The van der Waals surface area contributed by atoms with Crippen LogP contribution >= 0.6 is 0 Å². The number of nitrogens with zero attached hydrogens (tertiary/aromatic N) is 7. The van der Waals surface area contributed by atoms with Gasteiger partial charge < -0.3 is 15.0 Å². The van der Waals surface area contributed by atoms with Gasteiger partial charge in [0.2, 0.25) is 0 Å². The molecule has 0 spiro atoms. The standard InChI is InChI=1S/C23H30N8O/c1-32-21-10-18(12-24-13-21)22-16-31(29-27-22)15-20-7-8-23(28-26-20)30-9-3-6-19(14-30)25-11-17-4-2-5-17/h7-8,10,12-13,16-17,19,25H,2-6,9,11,14-15H2,1H3/t19-/m1/s1. The highest BCUT2D eigenvalue weighted by Crippen LogP contribution is 2.26. The Morgan fingerprint density at radius 2 is 2.03 bits per heavy atom. The van der Waals surface area contributed by atoms with Crippen LogP contribution in [-0.2, 0) is 6.54 Å². The molecule has 1 atom stereocenters. The van der Waals surface area contributed by atoms with Crippen LogP contribution in [0.5, 0.6) is 5.75 Å². The fraction of sp³-hybridized carbons (Fsp3) is 0.522. The van der Waals surface area contributed by atoms with Gasteiger partial charge in [0, 0.05) is 30.9 Å². The van der Waals surface area contributed by atoms with Gasteiger partial charge in [-0.3, -0.25) is 4.98 Å². The number of hydrogen-bond acceptors (Lipinski definition) is 8. The Labute approximate surface area is 188 Å². The summed E-state index contributed by atoms with van der Waals surface area (Å²) >= 11 is 0. The van der Waals surface area contributed by atoms with Crippen LogP contribution in [0.15, 0.2) is 36.8 Å². The minimum Gasteiger partial charge on any atom is -0.495 e. The summed E-state index contributed by atoms with van der Waals surface area (Å²) in [7, 11) is 1.62. The van der Waals surface area contributed by atoms with Gasteiger partial charge in [-0.25, -0.2) is 4.68 Å². The Hall–Kier alpha value is -3.07. The van der Waals surface area contributed by atoms with Crippen molar-refractivity contribution in [2.45, 2.75) is 44.7 Å². The van der Waals surface area contributed by atoms with Crippen molar-refractivity contribution in [3.05, 3.63) is 42.5 Å². The van der Waals surface area contributed by atoms with Crippen molar-refractivity contribution in [2.75, 3.05) is 31.6 Å². The Morgan fingerprint density at radius 1 is 1.09 bits per heavy atom. The first-order valence-corrected chi connectivity index (χ1v) is 11.5. The molecule has 1 saturated carbocycles. The zero-order chi connectivity index (χ0) is 21.8. The fourth-order valence-corrected chi connectivity index (χ4v) is 4.33. The molecule has 4 heterocycles. The molecule has 0 aromatic carbocycles. The Kier molecular flexibility index (Phi) is 6.24. The number of methoxy groups -OCH3 is 1. The van der Waals surface area contributed by atoms with E-state index >= 15 is 0 Å². The summed E-state index contributed by atoms with van der Waals surface area (Å²) in [6.07, 6.45) is 11.9. The molecular formula is C23H30N8O. The highest BCUT2D eigenvalue weighted by molar-refractivity contribution is 5.58. The van der Waals surface area contributed by atoms with Crippen molar-refractivity contribution in [1.82, 2.24) is 35.5 Å². The lowest BCUT2D eigenvalue weighted by atomic mass is 9.85. The summed E-state index contributed by atoms with van der Waals surface area (Å²) < 4.78 is 7.00. The van der Waals surface area contributed by atoms with E-state index in [1.807, 2.05) is 18.3 Å². The van der Waals surface area contributed by atoms with Gasteiger partial charge in [0.15, 0.2) is 5.82 Å². The van der Waals surface area contributed by atoms with Crippen molar-refractivity contribution in [3.8, 4) is 17.0 Å². The molecule has 9 heteroatoms. The summed E-state index contributed by atoms with van der Waals surface area (Å²) in [5.74, 6) is 2.53. The van der Waals surface area contributed by atoms with Crippen molar-refractivity contribution >= 4 is 5.82 Å². The highest BCUT2D eigenvalue weighted by atomic mass is 16.5. The van der Waals surface area contributed by atoms with Gasteiger partial charge in [0.1, 0.15) is 11.4 Å². The average Bonchev–Trinajstić information content (AvgIpc) is 3.27. The van der Waals surface area contributed by atoms with E-state index in [2.05, 4.69) is 41.8 Å². The first-order chi connectivity index (χ1) is 15.8. The first-order valence-electron chi connectivity index (χ1n) is 11.5. The molecule has 9 nitrogen and oxygen atoms in total. The summed E-state index contributed by atoms with van der Waals surface area (Å²) in [6, 6.07) is 6.54. The smallest absolute Gasteiger partial charge is 0.151 e. The van der Waals surface area contributed by atoms with Crippen LogP contribution in [0.25, 0.3) is 11.3 Å². The highest BCUT2D eigenvalue weighted by Gasteiger charge is 2.23. The summed E-state index contributed by atoms with van der Waals surface area (Å²) in [5.41, 5.74) is 2.46. The van der Waals surface area contributed by atoms with Gasteiger partial charge in [-0.1, -0.05) is 11.6 Å². The maximum Gasteiger partial charge on any atom is 0.151 e. The van der Waals surface area contributed by atoms with Crippen molar-refractivity contribution < 1.29 is 4.74 Å². The number of hydrogen-bond donors (Lipinski definition) is 1. The van der Waals surface area contributed by atoms with Crippen LogP contribution in [-0.4, -0.2) is 63.0 Å². The van der Waals surface area contributed by atoms with Gasteiger partial charge in [-0.05, 0) is 56.3 Å². The van der Waals surface area contributed by atoms with Crippen LogP contribution in [0.1, 0.15) is 37.8 Å². The second-order valence-corrected chi connectivity index (χ2v) is 8.79. The number of anilines is 1. The van der Waals surface area contributed by atoms with E-state index in [4.69, 9.17) is 4.74 Å². The Bertz CT molecular complexity index is 1020. The normalized spacial score (nSPS) is 19.0. The lowest BCUT2D eigenvalue weighted by Crippen LogP contribution is -2.47. The van der Waals surface area contributed by atoms with E-state index < -0.39 is 0 Å². The van der Waals surface area contributed by atoms with E-state index in [1.165, 1.54) is 32.1 Å². The zero-order valence-corrected chi connectivity index (χ0v) is 18.5. The third kappa shape index (κ3) is 4.88. The second-order valence-electron chi connectivity index (χ2n) is 8.79. The summed E-state index contributed by atoms with van der Waals surface area (Å²) in [4.78, 5) is 6.53. The molecule has 0 unspecified atom stereocenters. The molecule has 3 aromatic heterocycles. The molecule has 5 rings (SSSR count). The first kappa shape index (κ1) is 20.8. The lowest BCUT2D eigenvalue weighted by Gasteiger charge is -2.35. The fourth-order valence-electron chi connectivity index (χ4n) is 4.33. The van der Waals surface area contributed by atoms with Crippen molar-refractivity contribution in [2.24, 2.45) is 5.92 Å². The topological polar surface area (TPSA) is 93.9 Å². The molecule has 1 aliphatic carbocycles.